The Hall–Kier alpha value is -3.07. The number of methoxy groups -OCH3 is 2. The van der Waals surface area contributed by atoms with Crippen molar-refractivity contribution in [3.8, 4) is 22.6 Å². The lowest BCUT2D eigenvalue weighted by atomic mass is 9.82. The van der Waals surface area contributed by atoms with Gasteiger partial charge in [0.05, 0.1) is 37.8 Å². The Morgan fingerprint density at radius 1 is 0.971 bits per heavy atom. The topological polar surface area (TPSA) is 88.1 Å². The monoisotopic (exact) mass is 480 g/mol. The van der Waals surface area contributed by atoms with Gasteiger partial charge in [0.2, 0.25) is 10.0 Å². The summed E-state index contributed by atoms with van der Waals surface area (Å²) in [6.45, 7) is 0.321. The highest BCUT2D eigenvalue weighted by Gasteiger charge is 2.48. The van der Waals surface area contributed by atoms with Crippen LogP contribution in [0.25, 0.3) is 11.1 Å². The highest BCUT2D eigenvalue weighted by atomic mass is 32.2. The highest BCUT2D eigenvalue weighted by Crippen LogP contribution is 2.49. The zero-order chi connectivity index (χ0) is 23.9. The number of fused-ring (bicyclic) bond motifs is 3. The maximum Gasteiger partial charge on any atom is 0.243 e. The van der Waals surface area contributed by atoms with Crippen LogP contribution in [0.5, 0.6) is 11.5 Å². The van der Waals surface area contributed by atoms with Gasteiger partial charge in [-0.25, -0.2) is 8.42 Å². The van der Waals surface area contributed by atoms with Gasteiger partial charge < -0.3 is 19.9 Å². The molecule has 0 saturated carbocycles. The Bertz CT molecular complexity index is 1310. The molecule has 1 saturated heterocycles. The summed E-state index contributed by atoms with van der Waals surface area (Å²) in [6, 6.07) is 19.8. The van der Waals surface area contributed by atoms with Crippen molar-refractivity contribution >= 4 is 15.7 Å². The maximum atomic E-state index is 13.8. The van der Waals surface area contributed by atoms with Crippen LogP contribution in [0.15, 0.2) is 71.6 Å². The molecule has 3 aromatic carbocycles. The van der Waals surface area contributed by atoms with Gasteiger partial charge in [-0.05, 0) is 59.5 Å². The van der Waals surface area contributed by atoms with Crippen LogP contribution in [0.1, 0.15) is 18.0 Å². The molecule has 1 fully saturated rings. The fraction of sp³-hybridized carbons (Fsp3) is 0.308. The lowest BCUT2D eigenvalue weighted by Gasteiger charge is -2.39. The number of rotatable bonds is 6. The molecule has 178 valence electrons. The van der Waals surface area contributed by atoms with Crippen LogP contribution < -0.4 is 14.8 Å². The second-order valence-electron chi connectivity index (χ2n) is 8.66. The van der Waals surface area contributed by atoms with Crippen LogP contribution in [-0.4, -0.2) is 51.2 Å². The van der Waals surface area contributed by atoms with Crippen molar-refractivity contribution in [3.63, 3.8) is 0 Å². The Morgan fingerprint density at radius 2 is 1.68 bits per heavy atom. The van der Waals surface area contributed by atoms with E-state index in [9.17, 15) is 13.5 Å². The molecular weight excluding hydrogens is 452 g/mol. The quantitative estimate of drug-likeness (QED) is 0.556. The summed E-state index contributed by atoms with van der Waals surface area (Å²) >= 11 is 0. The summed E-state index contributed by atoms with van der Waals surface area (Å²) in [4.78, 5) is 0.206. The third-order valence-electron chi connectivity index (χ3n) is 6.87. The van der Waals surface area contributed by atoms with E-state index in [1.54, 1.807) is 35.7 Å². The summed E-state index contributed by atoms with van der Waals surface area (Å²) < 4.78 is 39.8. The summed E-state index contributed by atoms with van der Waals surface area (Å²) in [6.07, 6.45) is 0.662. The van der Waals surface area contributed by atoms with E-state index >= 15 is 0 Å². The molecule has 0 unspecified atom stereocenters. The molecule has 0 amide bonds. The first-order chi connectivity index (χ1) is 16.5. The molecule has 8 heteroatoms. The number of hydrogen-bond donors (Lipinski definition) is 2. The first-order valence-electron chi connectivity index (χ1n) is 11.3. The van der Waals surface area contributed by atoms with Crippen LogP contribution in [0.2, 0.25) is 0 Å². The normalized spacial score (nSPS) is 21.9. The van der Waals surface area contributed by atoms with Gasteiger partial charge in [0, 0.05) is 24.2 Å². The molecule has 0 spiro atoms. The van der Waals surface area contributed by atoms with Crippen molar-refractivity contribution in [2.75, 3.05) is 32.7 Å². The van der Waals surface area contributed by atoms with E-state index in [0.29, 0.717) is 18.7 Å². The average molecular weight is 481 g/mol. The van der Waals surface area contributed by atoms with Crippen molar-refractivity contribution in [2.24, 2.45) is 5.92 Å². The summed E-state index contributed by atoms with van der Waals surface area (Å²) in [5.41, 5.74) is 3.73. The number of sulfonamides is 1. The number of nitrogens with zero attached hydrogens (tertiary/aromatic N) is 1. The van der Waals surface area contributed by atoms with E-state index in [1.165, 1.54) is 7.11 Å². The Kier molecular flexibility index (Phi) is 5.97. The molecule has 34 heavy (non-hydrogen) atoms. The second kappa shape index (κ2) is 8.94. The molecule has 5 rings (SSSR count). The molecule has 3 atom stereocenters. The highest BCUT2D eigenvalue weighted by molar-refractivity contribution is 7.89. The first kappa shape index (κ1) is 22.7. The number of nitrogens with one attached hydrogen (secondary N) is 1. The number of ether oxygens (including phenoxy) is 2. The van der Waals surface area contributed by atoms with Gasteiger partial charge in [-0.2, -0.15) is 4.31 Å². The molecule has 2 aliphatic heterocycles. The maximum absolute atomic E-state index is 13.8. The van der Waals surface area contributed by atoms with Gasteiger partial charge in [0.1, 0.15) is 11.5 Å². The SMILES string of the molecule is COc1cccc(-c2ccc3c(c2)[C@H]2[C@H](CCN2S(=O)(=O)c2cccc(OC)c2)[C@@H](CO)N3)c1. The van der Waals surface area contributed by atoms with Gasteiger partial charge in [0.15, 0.2) is 0 Å². The lowest BCUT2D eigenvalue weighted by molar-refractivity contribution is 0.210. The van der Waals surface area contributed by atoms with E-state index in [4.69, 9.17) is 9.47 Å². The third kappa shape index (κ3) is 3.81. The third-order valence-corrected chi connectivity index (χ3v) is 8.75. The Balaban J connectivity index is 1.60. The average Bonchev–Trinajstić information content (AvgIpc) is 3.34. The largest absolute Gasteiger partial charge is 0.497 e. The standard InChI is InChI=1S/C26H28N2O5S/c1-32-19-6-3-5-17(13-19)18-9-10-24-23(14-18)26-22(25(16-29)27-24)11-12-28(26)34(30,31)21-8-4-7-20(15-21)33-2/h3-10,13-15,22,25-27,29H,11-12,16H2,1-2H3/t22-,25-,26-/m1/s1. The minimum Gasteiger partial charge on any atom is -0.497 e. The molecule has 0 aromatic heterocycles. The first-order valence-corrected chi connectivity index (χ1v) is 12.7. The van der Waals surface area contributed by atoms with Gasteiger partial charge in [0.25, 0.3) is 0 Å². The van der Waals surface area contributed by atoms with E-state index in [0.717, 1.165) is 28.1 Å². The number of hydrogen-bond acceptors (Lipinski definition) is 6. The molecule has 7 nitrogen and oxygen atoms in total. The predicted octanol–water partition coefficient (Wildman–Crippen LogP) is 3.91. The van der Waals surface area contributed by atoms with Crippen molar-refractivity contribution in [1.29, 1.82) is 0 Å². The van der Waals surface area contributed by atoms with Crippen molar-refractivity contribution in [2.45, 2.75) is 23.4 Å². The minimum absolute atomic E-state index is 0.0431. The van der Waals surface area contributed by atoms with E-state index < -0.39 is 10.0 Å². The van der Waals surface area contributed by atoms with Crippen molar-refractivity contribution in [1.82, 2.24) is 4.31 Å². The van der Waals surface area contributed by atoms with Crippen LogP contribution in [0.3, 0.4) is 0 Å². The summed E-state index contributed by atoms with van der Waals surface area (Å²) in [5.74, 6) is 1.21. The molecular formula is C26H28N2O5S. The molecule has 0 bridgehead atoms. The second-order valence-corrected chi connectivity index (χ2v) is 10.6. The predicted molar refractivity (Wildman–Crippen MR) is 131 cm³/mol. The van der Waals surface area contributed by atoms with Gasteiger partial charge >= 0.3 is 0 Å². The van der Waals surface area contributed by atoms with Crippen LogP contribution in [-0.2, 0) is 10.0 Å². The van der Waals surface area contributed by atoms with Crippen molar-refractivity contribution < 1.29 is 23.0 Å². The van der Waals surface area contributed by atoms with Crippen LogP contribution in [0.4, 0.5) is 5.69 Å². The zero-order valence-electron chi connectivity index (χ0n) is 19.1. The molecule has 2 heterocycles. The Labute approximate surface area is 200 Å². The van der Waals surface area contributed by atoms with Crippen LogP contribution >= 0.6 is 0 Å². The molecule has 0 radical (unpaired) electrons. The van der Waals surface area contributed by atoms with E-state index in [-0.39, 0.29) is 29.5 Å². The molecule has 2 aliphatic rings. The molecule has 0 aliphatic carbocycles. The minimum atomic E-state index is -3.78. The van der Waals surface area contributed by atoms with E-state index in [1.807, 2.05) is 36.4 Å². The molecule has 3 aromatic rings. The molecule has 2 N–H and O–H groups in total. The number of aliphatic hydroxyl groups is 1. The zero-order valence-corrected chi connectivity index (χ0v) is 20.0. The van der Waals surface area contributed by atoms with E-state index in [2.05, 4.69) is 11.4 Å². The fourth-order valence-corrected chi connectivity index (χ4v) is 6.87. The lowest BCUT2D eigenvalue weighted by Crippen LogP contribution is -2.42. The number of benzene rings is 3. The van der Waals surface area contributed by atoms with Crippen LogP contribution in [0, 0.1) is 5.92 Å². The summed E-state index contributed by atoms with van der Waals surface area (Å²) in [5, 5.41) is 13.5. The van der Waals surface area contributed by atoms with Gasteiger partial charge in [-0.1, -0.05) is 24.3 Å². The number of aliphatic hydroxyl groups excluding tert-OH is 1. The van der Waals surface area contributed by atoms with Crippen molar-refractivity contribution in [3.05, 3.63) is 72.3 Å². The Morgan fingerprint density at radius 3 is 2.41 bits per heavy atom. The van der Waals surface area contributed by atoms with Gasteiger partial charge in [-0.15, -0.1) is 0 Å². The summed E-state index contributed by atoms with van der Waals surface area (Å²) in [7, 11) is -0.626. The smallest absolute Gasteiger partial charge is 0.243 e. The fourth-order valence-electron chi connectivity index (χ4n) is 5.17. The van der Waals surface area contributed by atoms with Gasteiger partial charge in [-0.3, -0.25) is 0 Å². The number of anilines is 1.